The van der Waals surface area contributed by atoms with E-state index in [-0.39, 0.29) is 157 Å². The van der Waals surface area contributed by atoms with Gasteiger partial charge in [-0.1, -0.05) is 21.8 Å². The number of aromatic nitrogens is 7. The number of thioether (sulfide) groups is 1. The second kappa shape index (κ2) is 35.7. The standard InChI is InChI=1S/C18H18FN7O2.C11H10FN3OS.C9H14N4O.C5H4ClN3O2.CH2O3.2K.S2.H/c19-12-3-1-11(2-4-12)16-24-25-18(28-16)23-17-21-13-9-15(20-10-14(13)22-17)26-5-7-27-8-6-26;1-7(17-2)13-11-15-14-10(16-11)8-3-5-9(12)6-4-8;10-7-5-9(12-6-8(7)11)13-1-3-14-4-2-13;6-5-1-4(9(10)11)3(7)2-8-5;2-1-4-3;;;1-2;/h1-4,9-10,17,21-22H,5-8H2,(H,23,25);3-6H,1-2H3;5-6H,1-4,11H2,(H2,10,12);1-2H,7H2;1,3H;;;;/q;;;;;2*+1;;-1/p-1. The zero-order valence-electron chi connectivity index (χ0n) is 43.1. The van der Waals surface area contributed by atoms with E-state index in [1.165, 1.54) is 36.0 Å². The predicted molar refractivity (Wildman–Crippen MR) is 287 cm³/mol. The molecule has 0 aliphatic carbocycles. The Morgan fingerprint density at radius 2 is 1.31 bits per heavy atom. The molecule has 26 nitrogen and oxygen atoms in total. The van der Waals surface area contributed by atoms with Crippen molar-refractivity contribution >= 4 is 115 Å². The molecule has 7 aromatic rings. The number of halogens is 3. The van der Waals surface area contributed by atoms with Crippen LogP contribution in [0.4, 0.5) is 66.6 Å². The maximum Gasteiger partial charge on any atom is 1.00 e. The number of nitrogen functional groups attached to an aromatic ring is 3. The van der Waals surface area contributed by atoms with Gasteiger partial charge in [-0.15, -0.1) is 22.0 Å². The molecule has 0 amide bonds. The minimum absolute atomic E-state index is 0. The van der Waals surface area contributed by atoms with Crippen LogP contribution in [-0.2, 0) is 41.5 Å². The number of hydrogen-bond acceptors (Lipinski definition) is 28. The normalized spacial score (nSPS) is 13.9. The Morgan fingerprint density at radius 3 is 1.82 bits per heavy atom. The van der Waals surface area contributed by atoms with E-state index in [1.807, 2.05) is 19.2 Å². The molecular formula is C44H48ClF2K2N17O9S3. The van der Waals surface area contributed by atoms with Crippen LogP contribution in [0.2, 0.25) is 5.15 Å². The number of nitro groups is 1. The largest absolute Gasteiger partial charge is 1.00 e. The maximum atomic E-state index is 13.0. The number of pyridine rings is 3. The average Bonchev–Trinajstić information content (AvgIpc) is 4.25. The first-order valence-electron chi connectivity index (χ1n) is 21.9. The van der Waals surface area contributed by atoms with E-state index >= 15 is 0 Å². The van der Waals surface area contributed by atoms with E-state index < -0.39 is 4.92 Å². The fourth-order valence-corrected chi connectivity index (χ4v) is 6.67. The van der Waals surface area contributed by atoms with Gasteiger partial charge in [0.05, 0.1) is 83.8 Å². The minimum Gasteiger partial charge on any atom is -1.00 e. The van der Waals surface area contributed by atoms with Gasteiger partial charge in [0, 0.05) is 71.8 Å². The van der Waals surface area contributed by atoms with Gasteiger partial charge < -0.3 is 72.8 Å². The van der Waals surface area contributed by atoms with Crippen molar-refractivity contribution in [2.24, 2.45) is 4.99 Å². The Kier molecular flexibility index (Phi) is 30.9. The smallest absolute Gasteiger partial charge is 1.00 e. The number of fused-ring (bicyclic) bond motifs is 1. The molecule has 3 aliphatic heterocycles. The summed E-state index contributed by atoms with van der Waals surface area (Å²) in [5, 5.41) is 44.8. The molecule has 8 heterocycles. The van der Waals surface area contributed by atoms with Crippen LogP contribution in [-0.4, -0.2) is 117 Å². The van der Waals surface area contributed by atoms with Crippen molar-refractivity contribution in [3.8, 4) is 22.9 Å². The monoisotopic (exact) mass is 1210 g/mol. The number of aliphatic imine (C=N–C) groups is 1. The Morgan fingerprint density at radius 1 is 0.808 bits per heavy atom. The molecule has 1 unspecified atom stereocenters. The van der Waals surface area contributed by atoms with E-state index in [4.69, 9.17) is 57.2 Å². The Balaban J connectivity index is 0.000000364. The van der Waals surface area contributed by atoms with Crippen LogP contribution < -0.4 is 151 Å². The van der Waals surface area contributed by atoms with Crippen molar-refractivity contribution in [1.29, 1.82) is 0 Å². The molecule has 10 rings (SSSR count). The third kappa shape index (κ3) is 21.7. The summed E-state index contributed by atoms with van der Waals surface area (Å²) >= 11 is 14.2. The van der Waals surface area contributed by atoms with Gasteiger partial charge in [0.25, 0.3) is 12.2 Å². The molecule has 78 heavy (non-hydrogen) atoms. The summed E-state index contributed by atoms with van der Waals surface area (Å²) in [7, 11) is 0. The van der Waals surface area contributed by atoms with Crippen LogP contribution in [0.15, 0.2) is 99.1 Å². The van der Waals surface area contributed by atoms with E-state index in [2.05, 4.69) is 93.4 Å². The number of nitrogens with two attached hydrogens (primary N) is 3. The average molecular weight is 1210 g/mol. The second-order valence-corrected chi connectivity index (χ2v) is 16.4. The van der Waals surface area contributed by atoms with Gasteiger partial charge in [0.1, 0.15) is 34.1 Å². The summed E-state index contributed by atoms with van der Waals surface area (Å²) in [4.78, 5) is 41.6. The van der Waals surface area contributed by atoms with Crippen molar-refractivity contribution in [2.45, 2.75) is 13.2 Å². The molecule has 9 N–H and O–H groups in total. The van der Waals surface area contributed by atoms with Gasteiger partial charge in [-0.25, -0.2) is 23.7 Å². The Hall–Kier alpha value is -4.80. The minimum atomic E-state index is -0.608. The molecule has 1 atom stereocenters. The zero-order chi connectivity index (χ0) is 55.0. The third-order valence-electron chi connectivity index (χ3n) is 10.1. The van der Waals surface area contributed by atoms with Crippen LogP contribution in [0.25, 0.3) is 22.9 Å². The molecule has 0 spiro atoms. The van der Waals surface area contributed by atoms with E-state index in [0.29, 0.717) is 47.5 Å². The van der Waals surface area contributed by atoms with Crippen molar-refractivity contribution in [2.75, 3.05) is 102 Å². The number of benzene rings is 2. The van der Waals surface area contributed by atoms with Crippen molar-refractivity contribution in [1.82, 2.24) is 35.3 Å². The quantitative estimate of drug-likeness (QED) is 0.0155. The number of ether oxygens (including phenoxy) is 2. The van der Waals surface area contributed by atoms with Gasteiger partial charge in [-0.2, -0.15) is 4.99 Å². The van der Waals surface area contributed by atoms with Crippen LogP contribution in [0, 0.1) is 21.7 Å². The molecule has 2 saturated heterocycles. The molecule has 404 valence electrons. The summed E-state index contributed by atoms with van der Waals surface area (Å²) in [5.41, 5.74) is 20.6. The van der Waals surface area contributed by atoms with Crippen molar-refractivity contribution < 1.29 is 151 Å². The molecule has 2 fully saturated rings. The molecule has 3 aliphatic rings. The molecule has 0 saturated carbocycles. The van der Waals surface area contributed by atoms with Crippen LogP contribution in [0.1, 0.15) is 8.35 Å². The number of rotatable bonds is 9. The number of carbonyl (C=O) groups is 1. The zero-order valence-corrected chi connectivity index (χ0v) is 51.5. The first kappa shape index (κ1) is 67.5. The molecule has 5 aromatic heterocycles. The van der Waals surface area contributed by atoms with E-state index in [9.17, 15) is 18.9 Å². The van der Waals surface area contributed by atoms with Gasteiger partial charge in [-0.3, -0.25) is 14.9 Å². The predicted octanol–water partition coefficient (Wildman–Crippen LogP) is -0.513. The summed E-state index contributed by atoms with van der Waals surface area (Å²) in [5.74, 6) is 1.81. The van der Waals surface area contributed by atoms with Crippen LogP contribution in [0.5, 0.6) is 0 Å². The molecular weight excluding hydrogens is 1160 g/mol. The van der Waals surface area contributed by atoms with Crippen LogP contribution in [0.3, 0.4) is 0 Å². The first-order chi connectivity index (χ1) is 36.7. The van der Waals surface area contributed by atoms with Gasteiger partial charge in [-0.05, 0) is 61.7 Å². The topological polar surface area (TPSA) is 360 Å². The van der Waals surface area contributed by atoms with Gasteiger partial charge >= 0.3 is 115 Å². The van der Waals surface area contributed by atoms with Gasteiger partial charge in [0.15, 0.2) is 6.29 Å². The molecule has 0 bridgehead atoms. The number of nitrogens with zero attached hydrogens (tertiary/aromatic N) is 11. The number of anilines is 8. The molecule has 34 heteroatoms. The summed E-state index contributed by atoms with van der Waals surface area (Å²) in [6.07, 6.45) is 6.14. The SMILES string of the molecule is CSC(C)=Nc1nnc(-c2ccc(F)cc2)o1.Fc1ccc(-c2nnc(NC3Nc4cnc(N5CCOCC5)cc4N3)o2)cc1.Nc1cnc(Cl)cc1[N+](=O)[O-].Nc1cnc(N2CCOCC2)cc1N.O=CO[O-].S=S.[H-].[K+].[K+]. The third-order valence-corrected chi connectivity index (χ3v) is 11.0. The van der Waals surface area contributed by atoms with Crippen LogP contribution >= 0.6 is 23.4 Å². The second-order valence-electron chi connectivity index (χ2n) is 15.0. The summed E-state index contributed by atoms with van der Waals surface area (Å²) in [6.45, 7) is 7.95. The number of hydrogen-bond donors (Lipinski definition) is 6. The fourth-order valence-electron chi connectivity index (χ4n) is 6.35. The van der Waals surface area contributed by atoms with E-state index in [1.54, 1.807) is 42.7 Å². The summed E-state index contributed by atoms with van der Waals surface area (Å²) < 4.78 is 47.4. The Bertz CT molecular complexity index is 3000. The number of morpholine rings is 2. The maximum absolute atomic E-state index is 13.0. The van der Waals surface area contributed by atoms with E-state index in [0.717, 1.165) is 79.7 Å². The fraction of sp³-hybridized carbons (Fsp3) is 0.250. The first-order valence-corrected chi connectivity index (χ1v) is 24.9. The van der Waals surface area contributed by atoms with Crippen molar-refractivity contribution in [3.05, 3.63) is 112 Å². The number of nitrogens with one attached hydrogen (secondary N) is 3. The Labute approximate surface area is 549 Å². The van der Waals surface area contributed by atoms with Gasteiger partial charge in [0.2, 0.25) is 11.8 Å². The summed E-state index contributed by atoms with van der Waals surface area (Å²) in [6, 6.07) is 17.1. The van der Waals surface area contributed by atoms with Crippen molar-refractivity contribution in [3.63, 3.8) is 0 Å². The number of carbonyl (C=O) groups excluding carboxylic acids is 1. The molecule has 0 radical (unpaired) electrons. The molecule has 2 aromatic carbocycles.